The Bertz CT molecular complexity index is 460. The molecule has 0 unspecified atom stereocenters. The molecule has 1 aromatic heterocycles. The molecule has 1 aliphatic heterocycles. The maximum atomic E-state index is 12.0. The van der Waals surface area contributed by atoms with E-state index in [1.165, 1.54) is 6.26 Å². The SMILES string of the molecule is CC(C)(N)C(=O)N1CCN(C(=O)c2ccco2)CC1.Cl. The zero-order chi connectivity index (χ0) is 14.0. The number of amides is 2. The Hall–Kier alpha value is -1.53. The second-order valence-corrected chi connectivity index (χ2v) is 5.28. The smallest absolute Gasteiger partial charge is 0.289 e. The minimum Gasteiger partial charge on any atom is -0.459 e. The fraction of sp³-hybridized carbons (Fsp3) is 0.538. The molecular formula is C13H20ClN3O3. The van der Waals surface area contributed by atoms with Gasteiger partial charge < -0.3 is 20.0 Å². The van der Waals surface area contributed by atoms with Gasteiger partial charge in [-0.2, -0.15) is 0 Å². The average Bonchev–Trinajstić information content (AvgIpc) is 2.90. The number of piperazine rings is 1. The Balaban J connectivity index is 0.00000200. The summed E-state index contributed by atoms with van der Waals surface area (Å²) in [4.78, 5) is 27.4. The van der Waals surface area contributed by atoms with Crippen molar-refractivity contribution in [1.29, 1.82) is 0 Å². The van der Waals surface area contributed by atoms with Crippen LogP contribution in [0.1, 0.15) is 24.4 Å². The molecule has 112 valence electrons. The van der Waals surface area contributed by atoms with Gasteiger partial charge in [-0.25, -0.2) is 0 Å². The Labute approximate surface area is 124 Å². The van der Waals surface area contributed by atoms with E-state index < -0.39 is 5.54 Å². The molecule has 0 radical (unpaired) electrons. The van der Waals surface area contributed by atoms with Gasteiger partial charge in [0, 0.05) is 26.2 Å². The average molecular weight is 302 g/mol. The van der Waals surface area contributed by atoms with E-state index in [1.807, 2.05) is 0 Å². The molecule has 2 rings (SSSR count). The number of nitrogens with zero attached hydrogens (tertiary/aromatic N) is 2. The Morgan fingerprint density at radius 2 is 1.75 bits per heavy atom. The van der Waals surface area contributed by atoms with Gasteiger partial charge in [-0.05, 0) is 26.0 Å². The maximum Gasteiger partial charge on any atom is 0.289 e. The number of carbonyl (C=O) groups is 2. The van der Waals surface area contributed by atoms with E-state index >= 15 is 0 Å². The van der Waals surface area contributed by atoms with Crippen molar-refractivity contribution in [3.8, 4) is 0 Å². The lowest BCUT2D eigenvalue weighted by Crippen LogP contribution is -2.57. The van der Waals surface area contributed by atoms with E-state index in [4.69, 9.17) is 10.2 Å². The van der Waals surface area contributed by atoms with Crippen LogP contribution in [-0.2, 0) is 4.79 Å². The van der Waals surface area contributed by atoms with Crippen LogP contribution in [0.5, 0.6) is 0 Å². The Morgan fingerprint density at radius 1 is 1.20 bits per heavy atom. The van der Waals surface area contributed by atoms with Crippen molar-refractivity contribution < 1.29 is 14.0 Å². The highest BCUT2D eigenvalue weighted by Crippen LogP contribution is 2.12. The van der Waals surface area contributed by atoms with Gasteiger partial charge in [-0.3, -0.25) is 9.59 Å². The van der Waals surface area contributed by atoms with Crippen molar-refractivity contribution in [3.05, 3.63) is 24.2 Å². The van der Waals surface area contributed by atoms with Crippen molar-refractivity contribution in [3.63, 3.8) is 0 Å². The largest absolute Gasteiger partial charge is 0.459 e. The van der Waals surface area contributed by atoms with Crippen LogP contribution < -0.4 is 5.73 Å². The van der Waals surface area contributed by atoms with Crippen molar-refractivity contribution in [2.45, 2.75) is 19.4 Å². The highest BCUT2D eigenvalue weighted by molar-refractivity contribution is 5.92. The van der Waals surface area contributed by atoms with Crippen LogP contribution in [0.25, 0.3) is 0 Å². The van der Waals surface area contributed by atoms with Crippen LogP contribution in [0, 0.1) is 0 Å². The van der Waals surface area contributed by atoms with Gasteiger partial charge in [0.05, 0.1) is 11.8 Å². The summed E-state index contributed by atoms with van der Waals surface area (Å²) in [7, 11) is 0. The van der Waals surface area contributed by atoms with Gasteiger partial charge in [0.15, 0.2) is 5.76 Å². The predicted octanol–water partition coefficient (Wildman–Crippen LogP) is 0.723. The van der Waals surface area contributed by atoms with E-state index in [2.05, 4.69) is 0 Å². The maximum absolute atomic E-state index is 12.0. The molecule has 2 amide bonds. The number of hydrogen-bond donors (Lipinski definition) is 1. The van der Waals surface area contributed by atoms with Crippen LogP contribution >= 0.6 is 12.4 Å². The summed E-state index contributed by atoms with van der Waals surface area (Å²) in [6, 6.07) is 3.33. The normalized spacial score (nSPS) is 15.8. The molecule has 2 heterocycles. The van der Waals surface area contributed by atoms with Gasteiger partial charge in [0.2, 0.25) is 5.91 Å². The monoisotopic (exact) mass is 301 g/mol. The summed E-state index contributed by atoms with van der Waals surface area (Å²) in [6.45, 7) is 5.39. The number of rotatable bonds is 2. The van der Waals surface area contributed by atoms with E-state index in [1.54, 1.807) is 35.8 Å². The molecule has 20 heavy (non-hydrogen) atoms. The molecule has 0 saturated carbocycles. The second-order valence-electron chi connectivity index (χ2n) is 5.28. The second kappa shape index (κ2) is 6.28. The third-order valence-corrected chi connectivity index (χ3v) is 3.14. The molecule has 6 nitrogen and oxygen atoms in total. The third kappa shape index (κ3) is 3.52. The predicted molar refractivity (Wildman–Crippen MR) is 76.7 cm³/mol. The van der Waals surface area contributed by atoms with Gasteiger partial charge in [0.1, 0.15) is 0 Å². The van der Waals surface area contributed by atoms with Crippen molar-refractivity contribution in [1.82, 2.24) is 9.80 Å². The highest BCUT2D eigenvalue weighted by atomic mass is 35.5. The summed E-state index contributed by atoms with van der Waals surface area (Å²) in [6.07, 6.45) is 1.48. The summed E-state index contributed by atoms with van der Waals surface area (Å²) in [5.74, 6) is 0.112. The first-order valence-electron chi connectivity index (χ1n) is 6.30. The van der Waals surface area contributed by atoms with Crippen molar-refractivity contribution in [2.24, 2.45) is 5.73 Å². The van der Waals surface area contributed by atoms with Crippen LogP contribution in [0.3, 0.4) is 0 Å². The van der Waals surface area contributed by atoms with Crippen LogP contribution in [-0.4, -0.2) is 53.3 Å². The molecule has 1 aliphatic rings. The van der Waals surface area contributed by atoms with Crippen molar-refractivity contribution >= 4 is 24.2 Å². The number of nitrogens with two attached hydrogens (primary N) is 1. The molecule has 2 N–H and O–H groups in total. The van der Waals surface area contributed by atoms with Crippen LogP contribution in [0.15, 0.2) is 22.8 Å². The zero-order valence-electron chi connectivity index (χ0n) is 11.7. The highest BCUT2D eigenvalue weighted by Gasteiger charge is 2.31. The third-order valence-electron chi connectivity index (χ3n) is 3.14. The van der Waals surface area contributed by atoms with Crippen LogP contribution in [0.4, 0.5) is 0 Å². The molecule has 0 aromatic carbocycles. The number of halogens is 1. The topological polar surface area (TPSA) is 79.8 Å². The molecule has 7 heteroatoms. The van der Waals surface area contributed by atoms with E-state index in [0.29, 0.717) is 31.9 Å². The minimum absolute atomic E-state index is 0. The lowest BCUT2D eigenvalue weighted by Gasteiger charge is -2.37. The molecule has 0 bridgehead atoms. The quantitative estimate of drug-likeness (QED) is 0.873. The molecular weight excluding hydrogens is 282 g/mol. The minimum atomic E-state index is -0.868. The molecule has 0 spiro atoms. The zero-order valence-corrected chi connectivity index (χ0v) is 12.5. The number of furan rings is 1. The van der Waals surface area contributed by atoms with Crippen molar-refractivity contribution in [2.75, 3.05) is 26.2 Å². The summed E-state index contributed by atoms with van der Waals surface area (Å²) in [5.41, 5.74) is 4.93. The molecule has 1 fully saturated rings. The van der Waals surface area contributed by atoms with Gasteiger partial charge >= 0.3 is 0 Å². The number of carbonyl (C=O) groups excluding carboxylic acids is 2. The first-order valence-corrected chi connectivity index (χ1v) is 6.30. The standard InChI is InChI=1S/C13H19N3O3.ClH/c1-13(2,14)12(18)16-7-5-15(6-8-16)11(17)10-4-3-9-19-10;/h3-4,9H,5-8,14H2,1-2H3;1H. The molecule has 0 atom stereocenters. The van der Waals surface area contributed by atoms with E-state index in [0.717, 1.165) is 0 Å². The first kappa shape index (κ1) is 16.5. The lowest BCUT2D eigenvalue weighted by molar-refractivity contribution is -0.137. The molecule has 1 saturated heterocycles. The summed E-state index contributed by atoms with van der Waals surface area (Å²) >= 11 is 0. The summed E-state index contributed by atoms with van der Waals surface area (Å²) < 4.78 is 5.09. The number of hydrogen-bond acceptors (Lipinski definition) is 4. The van der Waals surface area contributed by atoms with E-state index in [-0.39, 0.29) is 24.2 Å². The van der Waals surface area contributed by atoms with Gasteiger partial charge in [-0.1, -0.05) is 0 Å². The van der Waals surface area contributed by atoms with Gasteiger partial charge in [-0.15, -0.1) is 12.4 Å². The molecule has 1 aromatic rings. The lowest BCUT2D eigenvalue weighted by atomic mass is 10.0. The van der Waals surface area contributed by atoms with E-state index in [9.17, 15) is 9.59 Å². The van der Waals surface area contributed by atoms with Crippen LogP contribution in [0.2, 0.25) is 0 Å². The molecule has 0 aliphatic carbocycles. The Morgan fingerprint density at radius 3 is 2.20 bits per heavy atom. The first-order chi connectivity index (χ1) is 8.89. The fourth-order valence-electron chi connectivity index (χ4n) is 2.08. The summed E-state index contributed by atoms with van der Waals surface area (Å²) in [5, 5.41) is 0. The van der Waals surface area contributed by atoms with Gasteiger partial charge in [0.25, 0.3) is 5.91 Å². The Kier molecular flexibility index (Phi) is 5.19. The fourth-order valence-corrected chi connectivity index (χ4v) is 2.08.